The molecule has 0 aromatic rings. The minimum Gasteiger partial charge on any atom is -0.337 e. The molecule has 0 aromatic heterocycles. The fourth-order valence-electron chi connectivity index (χ4n) is 4.06. The number of hydrogen-bond donors (Lipinski definition) is 1. The predicted molar refractivity (Wildman–Crippen MR) is 94.7 cm³/mol. The lowest BCUT2D eigenvalue weighted by atomic mass is 9.96. The van der Waals surface area contributed by atoms with Gasteiger partial charge in [0.2, 0.25) is 5.91 Å². The molecule has 136 valence electrons. The third-order valence-electron chi connectivity index (χ3n) is 5.87. The number of nitrogens with one attached hydrogen (secondary N) is 1. The Bertz CT molecular complexity index is 456. The molecule has 5 nitrogen and oxygen atoms in total. The van der Waals surface area contributed by atoms with Crippen molar-refractivity contribution in [3.8, 4) is 0 Å². The second-order valence-corrected chi connectivity index (χ2v) is 8.28. The molecule has 5 heteroatoms. The van der Waals surface area contributed by atoms with Crippen molar-refractivity contribution in [2.75, 3.05) is 19.6 Å². The zero-order valence-corrected chi connectivity index (χ0v) is 15.3. The van der Waals surface area contributed by atoms with Crippen molar-refractivity contribution in [2.24, 2.45) is 11.8 Å². The topological polar surface area (TPSA) is 52.7 Å². The van der Waals surface area contributed by atoms with Crippen LogP contribution in [0, 0.1) is 11.8 Å². The number of amides is 3. The molecule has 0 radical (unpaired) electrons. The average molecular weight is 335 g/mol. The Morgan fingerprint density at radius 2 is 1.88 bits per heavy atom. The van der Waals surface area contributed by atoms with Crippen LogP contribution in [0.1, 0.15) is 65.2 Å². The summed E-state index contributed by atoms with van der Waals surface area (Å²) in [5.74, 6) is 1.29. The van der Waals surface area contributed by atoms with Gasteiger partial charge in [0.1, 0.15) is 0 Å². The zero-order valence-electron chi connectivity index (χ0n) is 15.3. The minimum atomic E-state index is 0.0358. The van der Waals surface area contributed by atoms with Gasteiger partial charge in [0.05, 0.1) is 6.04 Å². The molecule has 0 bridgehead atoms. The second kappa shape index (κ2) is 7.75. The first-order valence-electron chi connectivity index (χ1n) is 9.89. The number of rotatable bonds is 4. The fourth-order valence-corrected chi connectivity index (χ4v) is 4.06. The summed E-state index contributed by atoms with van der Waals surface area (Å²) in [6.45, 7) is 6.46. The molecule has 3 fully saturated rings. The van der Waals surface area contributed by atoms with Gasteiger partial charge in [-0.15, -0.1) is 0 Å². The van der Waals surface area contributed by atoms with Crippen LogP contribution in [0.15, 0.2) is 0 Å². The van der Waals surface area contributed by atoms with Crippen LogP contribution in [0.4, 0.5) is 4.79 Å². The molecule has 3 amide bonds. The molecular weight excluding hydrogens is 302 g/mol. The molecule has 1 saturated heterocycles. The molecule has 1 atom stereocenters. The maximum Gasteiger partial charge on any atom is 0.317 e. The van der Waals surface area contributed by atoms with Crippen molar-refractivity contribution in [3.05, 3.63) is 0 Å². The largest absolute Gasteiger partial charge is 0.337 e. The molecule has 24 heavy (non-hydrogen) atoms. The van der Waals surface area contributed by atoms with Crippen molar-refractivity contribution >= 4 is 11.9 Å². The Hall–Kier alpha value is -1.26. The van der Waals surface area contributed by atoms with E-state index in [-0.39, 0.29) is 18.0 Å². The quantitative estimate of drug-likeness (QED) is 0.858. The van der Waals surface area contributed by atoms with Crippen LogP contribution in [-0.4, -0.2) is 53.5 Å². The van der Waals surface area contributed by atoms with E-state index in [1.165, 1.54) is 32.1 Å². The monoisotopic (exact) mass is 335 g/mol. The van der Waals surface area contributed by atoms with Crippen LogP contribution >= 0.6 is 0 Å². The maximum absolute atomic E-state index is 12.7. The standard InChI is InChI=1S/C19H33N3O2/c1-14(2)17-13-21(19(24)20-16-6-4-3-5-7-16)11-10-18(23)22(17)12-15-8-9-15/h14-17H,3-13H2,1-2H3,(H,20,24)/t17-/m1/s1. The van der Waals surface area contributed by atoms with E-state index in [4.69, 9.17) is 0 Å². The first kappa shape index (κ1) is 17.6. The smallest absolute Gasteiger partial charge is 0.317 e. The van der Waals surface area contributed by atoms with Crippen molar-refractivity contribution in [3.63, 3.8) is 0 Å². The summed E-state index contributed by atoms with van der Waals surface area (Å²) >= 11 is 0. The molecule has 2 aliphatic carbocycles. The number of carbonyl (C=O) groups is 2. The van der Waals surface area contributed by atoms with E-state index in [0.29, 0.717) is 37.4 Å². The molecule has 0 aromatic carbocycles. The Balaban J connectivity index is 1.63. The summed E-state index contributed by atoms with van der Waals surface area (Å²) in [7, 11) is 0. The summed E-state index contributed by atoms with van der Waals surface area (Å²) in [5, 5.41) is 3.22. The summed E-state index contributed by atoms with van der Waals surface area (Å²) in [5.41, 5.74) is 0. The summed E-state index contributed by atoms with van der Waals surface area (Å²) in [6, 6.07) is 0.511. The van der Waals surface area contributed by atoms with Crippen LogP contribution < -0.4 is 5.32 Å². The molecule has 3 aliphatic rings. The van der Waals surface area contributed by atoms with Gasteiger partial charge < -0.3 is 15.1 Å². The van der Waals surface area contributed by atoms with Crippen LogP contribution in [-0.2, 0) is 4.79 Å². The van der Waals surface area contributed by atoms with Crippen LogP contribution in [0.2, 0.25) is 0 Å². The SMILES string of the molecule is CC(C)[C@H]1CN(C(=O)NC2CCCCC2)CCC(=O)N1CC1CC1. The molecule has 3 rings (SSSR count). The van der Waals surface area contributed by atoms with Gasteiger partial charge in [0, 0.05) is 32.1 Å². The van der Waals surface area contributed by atoms with E-state index in [1.807, 2.05) is 4.90 Å². The minimum absolute atomic E-state index is 0.0358. The van der Waals surface area contributed by atoms with Gasteiger partial charge in [-0.05, 0) is 37.5 Å². The lowest BCUT2D eigenvalue weighted by Crippen LogP contribution is -2.51. The van der Waals surface area contributed by atoms with Gasteiger partial charge in [-0.3, -0.25) is 4.79 Å². The molecule has 1 N–H and O–H groups in total. The van der Waals surface area contributed by atoms with Crippen LogP contribution in [0.3, 0.4) is 0 Å². The highest BCUT2D eigenvalue weighted by Gasteiger charge is 2.36. The fraction of sp³-hybridized carbons (Fsp3) is 0.895. The first-order chi connectivity index (χ1) is 11.5. The van der Waals surface area contributed by atoms with E-state index in [1.54, 1.807) is 0 Å². The lowest BCUT2D eigenvalue weighted by Gasteiger charge is -2.35. The number of carbonyl (C=O) groups excluding carboxylic acids is 2. The Morgan fingerprint density at radius 1 is 1.17 bits per heavy atom. The van der Waals surface area contributed by atoms with E-state index >= 15 is 0 Å². The van der Waals surface area contributed by atoms with Crippen molar-refractivity contribution in [1.29, 1.82) is 0 Å². The second-order valence-electron chi connectivity index (χ2n) is 8.28. The van der Waals surface area contributed by atoms with E-state index in [2.05, 4.69) is 24.1 Å². The molecule has 0 unspecified atom stereocenters. The van der Waals surface area contributed by atoms with Crippen molar-refractivity contribution in [1.82, 2.24) is 15.1 Å². The number of urea groups is 1. The third-order valence-corrected chi connectivity index (χ3v) is 5.87. The Kier molecular flexibility index (Phi) is 5.67. The van der Waals surface area contributed by atoms with E-state index in [0.717, 1.165) is 19.4 Å². The van der Waals surface area contributed by atoms with E-state index < -0.39 is 0 Å². The highest BCUT2D eigenvalue weighted by molar-refractivity contribution is 5.80. The highest BCUT2D eigenvalue weighted by Crippen LogP contribution is 2.32. The Morgan fingerprint density at radius 3 is 2.50 bits per heavy atom. The van der Waals surface area contributed by atoms with Gasteiger partial charge in [-0.2, -0.15) is 0 Å². The predicted octanol–water partition coefficient (Wildman–Crippen LogP) is 3.00. The maximum atomic E-state index is 12.7. The molecule has 1 heterocycles. The van der Waals surface area contributed by atoms with Gasteiger partial charge >= 0.3 is 6.03 Å². The number of hydrogen-bond acceptors (Lipinski definition) is 2. The van der Waals surface area contributed by atoms with Gasteiger partial charge in [0.25, 0.3) is 0 Å². The summed E-state index contributed by atoms with van der Waals surface area (Å²) in [6.07, 6.45) is 8.88. The molecule has 0 spiro atoms. The third kappa shape index (κ3) is 4.42. The highest BCUT2D eigenvalue weighted by atomic mass is 16.2. The molecular formula is C19H33N3O2. The van der Waals surface area contributed by atoms with Crippen molar-refractivity contribution in [2.45, 2.75) is 77.3 Å². The average Bonchev–Trinajstić information content (AvgIpc) is 3.38. The van der Waals surface area contributed by atoms with E-state index in [9.17, 15) is 9.59 Å². The molecule has 2 saturated carbocycles. The Labute approximate surface area is 146 Å². The van der Waals surface area contributed by atoms with Gasteiger partial charge in [0.15, 0.2) is 0 Å². The lowest BCUT2D eigenvalue weighted by molar-refractivity contribution is -0.133. The first-order valence-corrected chi connectivity index (χ1v) is 9.89. The molecule has 1 aliphatic heterocycles. The van der Waals surface area contributed by atoms with Gasteiger partial charge in [-0.25, -0.2) is 4.79 Å². The summed E-state index contributed by atoms with van der Waals surface area (Å²) < 4.78 is 0. The van der Waals surface area contributed by atoms with Crippen molar-refractivity contribution < 1.29 is 9.59 Å². The van der Waals surface area contributed by atoms with Crippen LogP contribution in [0.5, 0.6) is 0 Å². The normalized spacial score (nSPS) is 26.6. The zero-order chi connectivity index (χ0) is 17.1. The van der Waals surface area contributed by atoms with Gasteiger partial charge in [-0.1, -0.05) is 33.1 Å². The number of nitrogens with zero attached hydrogens (tertiary/aromatic N) is 2. The van der Waals surface area contributed by atoms with Crippen LogP contribution in [0.25, 0.3) is 0 Å². The summed E-state index contributed by atoms with van der Waals surface area (Å²) in [4.78, 5) is 29.3.